The van der Waals surface area contributed by atoms with Gasteiger partial charge in [0.05, 0.1) is 0 Å². The van der Waals surface area contributed by atoms with E-state index in [9.17, 15) is 17.6 Å². The number of nitrogens with zero attached hydrogens (tertiary/aromatic N) is 2. The number of piperazine rings is 1. The van der Waals surface area contributed by atoms with Crippen molar-refractivity contribution in [1.29, 1.82) is 0 Å². The maximum Gasteiger partial charge on any atom is 0.260 e. The Kier molecular flexibility index (Phi) is 7.76. The van der Waals surface area contributed by atoms with Gasteiger partial charge in [0.1, 0.15) is 16.5 Å². The number of carbonyl (C=O) groups is 1. The van der Waals surface area contributed by atoms with Crippen LogP contribution in [-0.4, -0.2) is 63.0 Å². The van der Waals surface area contributed by atoms with Gasteiger partial charge in [-0.25, -0.2) is 17.5 Å². The Hall–Kier alpha value is -2.20. The number of hydrogen-bond donors (Lipinski definition) is 1. The molecule has 1 aliphatic rings. The highest BCUT2D eigenvalue weighted by molar-refractivity contribution is 7.89. The quantitative estimate of drug-likeness (QED) is 0.655. The Labute approximate surface area is 193 Å². The third-order valence-electron chi connectivity index (χ3n) is 5.55. The lowest BCUT2D eigenvalue weighted by Crippen LogP contribution is -2.58. The van der Waals surface area contributed by atoms with Gasteiger partial charge in [0.25, 0.3) is 5.91 Å². The van der Waals surface area contributed by atoms with Gasteiger partial charge in [-0.3, -0.25) is 9.69 Å². The summed E-state index contributed by atoms with van der Waals surface area (Å²) in [6, 6.07) is 10.7. The molecule has 32 heavy (non-hydrogen) atoms. The van der Waals surface area contributed by atoms with Gasteiger partial charge in [0, 0.05) is 36.7 Å². The van der Waals surface area contributed by atoms with Crippen molar-refractivity contribution >= 4 is 27.5 Å². The van der Waals surface area contributed by atoms with Crippen LogP contribution in [-0.2, 0) is 21.4 Å². The summed E-state index contributed by atoms with van der Waals surface area (Å²) in [6.45, 7) is 5.54. The van der Waals surface area contributed by atoms with E-state index in [-0.39, 0.29) is 46.1 Å². The van der Waals surface area contributed by atoms with Crippen LogP contribution >= 0.6 is 11.6 Å². The van der Waals surface area contributed by atoms with Crippen LogP contribution in [0.1, 0.15) is 19.4 Å². The molecule has 0 radical (unpaired) electrons. The van der Waals surface area contributed by atoms with Gasteiger partial charge in [-0.05, 0) is 56.8 Å². The predicted octanol–water partition coefficient (Wildman–Crippen LogP) is 2.89. The number of nitrogens with one attached hydrogen (secondary N) is 1. The topological polar surface area (TPSA) is 78.9 Å². The molecule has 3 rings (SSSR count). The van der Waals surface area contributed by atoms with Gasteiger partial charge in [-0.1, -0.05) is 23.7 Å². The summed E-state index contributed by atoms with van der Waals surface area (Å²) in [7, 11) is -2.51. The van der Waals surface area contributed by atoms with Crippen molar-refractivity contribution in [3.05, 3.63) is 58.9 Å². The van der Waals surface area contributed by atoms with Crippen LogP contribution in [0.3, 0.4) is 0 Å². The molecule has 0 spiro atoms. The normalized spacial score (nSPS) is 19.7. The summed E-state index contributed by atoms with van der Waals surface area (Å²) in [5.41, 5.74) is 1.01. The van der Waals surface area contributed by atoms with E-state index >= 15 is 0 Å². The fraction of sp³-hybridized carbons (Fsp3) is 0.409. The molecule has 0 bridgehead atoms. The average molecular weight is 484 g/mol. The Morgan fingerprint density at radius 3 is 2.50 bits per heavy atom. The third kappa shape index (κ3) is 5.78. The van der Waals surface area contributed by atoms with Gasteiger partial charge in [-0.2, -0.15) is 0 Å². The number of rotatable bonds is 7. The van der Waals surface area contributed by atoms with Crippen molar-refractivity contribution in [2.75, 3.05) is 26.7 Å². The zero-order valence-electron chi connectivity index (χ0n) is 18.2. The van der Waals surface area contributed by atoms with Crippen molar-refractivity contribution in [1.82, 2.24) is 14.5 Å². The first kappa shape index (κ1) is 24.4. The number of halogens is 2. The molecule has 2 atom stereocenters. The Morgan fingerprint density at radius 1 is 1.16 bits per heavy atom. The lowest BCUT2D eigenvalue weighted by atomic mass is 10.1. The maximum absolute atomic E-state index is 13.2. The first-order chi connectivity index (χ1) is 15.1. The molecular formula is C22H27ClFN3O4S. The van der Waals surface area contributed by atoms with E-state index in [1.807, 2.05) is 13.8 Å². The van der Waals surface area contributed by atoms with Gasteiger partial charge in [0.2, 0.25) is 10.0 Å². The van der Waals surface area contributed by atoms with Crippen LogP contribution in [0.5, 0.6) is 5.75 Å². The molecule has 0 saturated carbocycles. The minimum atomic E-state index is -3.80. The van der Waals surface area contributed by atoms with E-state index < -0.39 is 10.0 Å². The summed E-state index contributed by atoms with van der Waals surface area (Å²) < 4.78 is 45.5. The van der Waals surface area contributed by atoms with Crippen LogP contribution < -0.4 is 9.46 Å². The number of sulfonamides is 1. The van der Waals surface area contributed by atoms with E-state index in [0.717, 1.165) is 5.56 Å². The zero-order valence-corrected chi connectivity index (χ0v) is 19.8. The number of hydrogen-bond acceptors (Lipinski definition) is 5. The Morgan fingerprint density at radius 2 is 1.84 bits per heavy atom. The van der Waals surface area contributed by atoms with Gasteiger partial charge in [0.15, 0.2) is 6.61 Å². The zero-order chi connectivity index (χ0) is 23.5. The standard InChI is InChI=1S/C22H27ClFN3O4S/c1-15-12-27(16(2)11-26(15)13-17-4-7-19(24)8-5-17)22(28)14-31-20-9-6-18(23)10-21(20)32(29,30)25-3/h4-10,15-16,25H,11-14H2,1-3H3. The summed E-state index contributed by atoms with van der Waals surface area (Å²) in [4.78, 5) is 16.8. The molecule has 0 aliphatic carbocycles. The predicted molar refractivity (Wildman–Crippen MR) is 121 cm³/mol. The second-order valence-electron chi connectivity index (χ2n) is 7.89. The van der Waals surface area contributed by atoms with Gasteiger partial charge >= 0.3 is 0 Å². The van der Waals surface area contributed by atoms with Crippen molar-refractivity contribution < 1.29 is 22.3 Å². The highest BCUT2D eigenvalue weighted by atomic mass is 35.5. The second kappa shape index (κ2) is 10.2. The van der Waals surface area contributed by atoms with E-state index in [2.05, 4.69) is 9.62 Å². The molecule has 1 heterocycles. The molecule has 174 valence electrons. The number of ether oxygens (including phenoxy) is 1. The second-order valence-corrected chi connectivity index (χ2v) is 10.2. The van der Waals surface area contributed by atoms with E-state index in [1.54, 1.807) is 17.0 Å². The molecule has 0 aromatic heterocycles. The number of carbonyl (C=O) groups excluding carboxylic acids is 1. The lowest BCUT2D eigenvalue weighted by Gasteiger charge is -2.44. The SMILES string of the molecule is CNS(=O)(=O)c1cc(Cl)ccc1OCC(=O)N1CC(C)N(Cc2ccc(F)cc2)CC1C. The summed E-state index contributed by atoms with van der Waals surface area (Å²) in [5.74, 6) is -0.432. The van der Waals surface area contributed by atoms with Gasteiger partial charge < -0.3 is 9.64 Å². The largest absolute Gasteiger partial charge is 0.482 e. The van der Waals surface area contributed by atoms with E-state index in [0.29, 0.717) is 19.6 Å². The van der Waals surface area contributed by atoms with Crippen molar-refractivity contribution in [3.8, 4) is 5.75 Å². The van der Waals surface area contributed by atoms with Crippen molar-refractivity contribution in [2.45, 2.75) is 37.4 Å². The molecule has 1 amide bonds. The molecule has 1 aliphatic heterocycles. The number of amides is 1. The smallest absolute Gasteiger partial charge is 0.260 e. The minimum Gasteiger partial charge on any atom is -0.482 e. The molecule has 1 fully saturated rings. The molecule has 10 heteroatoms. The van der Waals surface area contributed by atoms with Crippen LogP contribution in [0.2, 0.25) is 5.02 Å². The molecule has 2 unspecified atom stereocenters. The maximum atomic E-state index is 13.2. The summed E-state index contributed by atoms with van der Waals surface area (Å²) in [6.07, 6.45) is 0. The van der Waals surface area contributed by atoms with Crippen LogP contribution in [0, 0.1) is 5.82 Å². The Balaban J connectivity index is 1.64. The lowest BCUT2D eigenvalue weighted by molar-refractivity contribution is -0.139. The Bertz CT molecular complexity index is 1070. The summed E-state index contributed by atoms with van der Waals surface area (Å²) in [5, 5.41) is 0.247. The molecule has 2 aromatic carbocycles. The third-order valence-corrected chi connectivity index (χ3v) is 7.22. The van der Waals surface area contributed by atoms with Crippen molar-refractivity contribution in [2.24, 2.45) is 0 Å². The monoisotopic (exact) mass is 483 g/mol. The number of benzene rings is 2. The van der Waals surface area contributed by atoms with E-state index in [1.165, 1.54) is 37.4 Å². The molecule has 2 aromatic rings. The van der Waals surface area contributed by atoms with E-state index in [4.69, 9.17) is 16.3 Å². The minimum absolute atomic E-state index is 0.0616. The fourth-order valence-electron chi connectivity index (χ4n) is 3.73. The highest BCUT2D eigenvalue weighted by Crippen LogP contribution is 2.27. The summed E-state index contributed by atoms with van der Waals surface area (Å²) >= 11 is 5.93. The first-order valence-corrected chi connectivity index (χ1v) is 12.1. The first-order valence-electron chi connectivity index (χ1n) is 10.2. The highest BCUT2D eigenvalue weighted by Gasteiger charge is 2.32. The average Bonchev–Trinajstić information content (AvgIpc) is 2.76. The fourth-order valence-corrected chi connectivity index (χ4v) is 4.86. The molecular weight excluding hydrogens is 457 g/mol. The van der Waals surface area contributed by atoms with Crippen LogP contribution in [0.15, 0.2) is 47.4 Å². The molecule has 1 saturated heterocycles. The van der Waals surface area contributed by atoms with Crippen LogP contribution in [0.25, 0.3) is 0 Å². The van der Waals surface area contributed by atoms with Crippen LogP contribution in [0.4, 0.5) is 4.39 Å². The van der Waals surface area contributed by atoms with Gasteiger partial charge in [-0.15, -0.1) is 0 Å². The molecule has 1 N–H and O–H groups in total. The van der Waals surface area contributed by atoms with Crippen molar-refractivity contribution in [3.63, 3.8) is 0 Å². The molecule has 7 nitrogen and oxygen atoms in total.